The SMILES string of the molecule is CC(C)(/C=C/C=O)c1ccc(Cl)cc1. The topological polar surface area (TPSA) is 17.1 Å². The summed E-state index contributed by atoms with van der Waals surface area (Å²) in [4.78, 5) is 10.2. The van der Waals surface area contributed by atoms with Gasteiger partial charge in [0.25, 0.3) is 0 Å². The van der Waals surface area contributed by atoms with E-state index >= 15 is 0 Å². The highest BCUT2D eigenvalue weighted by Gasteiger charge is 2.15. The average Bonchev–Trinajstić information content (AvgIpc) is 2.16. The largest absolute Gasteiger partial charge is 0.299 e. The number of allylic oxidation sites excluding steroid dienone is 2. The zero-order valence-electron chi connectivity index (χ0n) is 8.33. The van der Waals surface area contributed by atoms with Crippen molar-refractivity contribution < 1.29 is 4.79 Å². The van der Waals surface area contributed by atoms with Crippen molar-refractivity contribution in [2.75, 3.05) is 0 Å². The third kappa shape index (κ3) is 2.71. The monoisotopic (exact) mass is 208 g/mol. The van der Waals surface area contributed by atoms with Crippen LogP contribution >= 0.6 is 11.6 Å². The van der Waals surface area contributed by atoms with Gasteiger partial charge in [0.15, 0.2) is 0 Å². The first-order valence-electron chi connectivity index (χ1n) is 4.45. The maximum Gasteiger partial charge on any atom is 0.142 e. The van der Waals surface area contributed by atoms with Crippen LogP contribution in [0.4, 0.5) is 0 Å². The van der Waals surface area contributed by atoms with E-state index in [2.05, 4.69) is 13.8 Å². The van der Waals surface area contributed by atoms with Gasteiger partial charge in [-0.2, -0.15) is 0 Å². The molecule has 2 heteroatoms. The van der Waals surface area contributed by atoms with Crippen molar-refractivity contribution in [2.24, 2.45) is 0 Å². The number of rotatable bonds is 3. The molecule has 1 nitrogen and oxygen atoms in total. The normalized spacial score (nSPS) is 11.9. The fourth-order valence-electron chi connectivity index (χ4n) is 1.26. The maximum absolute atomic E-state index is 10.2. The van der Waals surface area contributed by atoms with Crippen LogP contribution in [-0.2, 0) is 10.2 Å². The molecule has 0 aliphatic heterocycles. The van der Waals surface area contributed by atoms with Crippen molar-refractivity contribution in [3.63, 3.8) is 0 Å². The van der Waals surface area contributed by atoms with E-state index in [0.29, 0.717) is 0 Å². The lowest BCUT2D eigenvalue weighted by molar-refractivity contribution is -0.104. The molecule has 14 heavy (non-hydrogen) atoms. The molecule has 0 saturated carbocycles. The predicted octanol–water partition coefficient (Wildman–Crippen LogP) is 3.37. The van der Waals surface area contributed by atoms with E-state index in [4.69, 9.17) is 11.6 Å². The first-order valence-corrected chi connectivity index (χ1v) is 4.83. The van der Waals surface area contributed by atoms with Gasteiger partial charge in [-0.25, -0.2) is 0 Å². The fraction of sp³-hybridized carbons (Fsp3) is 0.250. The smallest absolute Gasteiger partial charge is 0.142 e. The van der Waals surface area contributed by atoms with Crippen molar-refractivity contribution >= 4 is 17.9 Å². The van der Waals surface area contributed by atoms with Crippen LogP contribution in [0.25, 0.3) is 0 Å². The van der Waals surface area contributed by atoms with E-state index in [1.807, 2.05) is 30.3 Å². The lowest BCUT2D eigenvalue weighted by Crippen LogP contribution is -2.13. The van der Waals surface area contributed by atoms with E-state index in [-0.39, 0.29) is 5.41 Å². The summed E-state index contributed by atoms with van der Waals surface area (Å²) < 4.78 is 0. The molecular weight excluding hydrogens is 196 g/mol. The molecule has 1 aromatic carbocycles. The Labute approximate surface area is 89.4 Å². The minimum atomic E-state index is -0.133. The van der Waals surface area contributed by atoms with Crippen LogP contribution in [0.15, 0.2) is 36.4 Å². The minimum Gasteiger partial charge on any atom is -0.299 e. The Bertz CT molecular complexity index is 336. The van der Waals surface area contributed by atoms with Crippen LogP contribution < -0.4 is 0 Å². The molecule has 0 spiro atoms. The molecule has 0 radical (unpaired) electrons. The predicted molar refractivity (Wildman–Crippen MR) is 59.7 cm³/mol. The van der Waals surface area contributed by atoms with Gasteiger partial charge >= 0.3 is 0 Å². The summed E-state index contributed by atoms with van der Waals surface area (Å²) in [5.74, 6) is 0. The van der Waals surface area contributed by atoms with E-state index in [1.165, 1.54) is 6.08 Å². The summed E-state index contributed by atoms with van der Waals surface area (Å²) in [6.45, 7) is 4.10. The van der Waals surface area contributed by atoms with Crippen molar-refractivity contribution in [2.45, 2.75) is 19.3 Å². The molecule has 1 rings (SSSR count). The number of hydrogen-bond donors (Lipinski definition) is 0. The molecule has 0 aromatic heterocycles. The summed E-state index contributed by atoms with van der Waals surface area (Å²) in [5, 5.41) is 0.726. The molecule has 0 heterocycles. The highest BCUT2D eigenvalue weighted by molar-refractivity contribution is 6.30. The number of halogens is 1. The first-order chi connectivity index (χ1) is 6.56. The number of aldehydes is 1. The maximum atomic E-state index is 10.2. The second-order valence-corrected chi connectivity index (χ2v) is 4.16. The van der Waals surface area contributed by atoms with Gasteiger partial charge in [0.05, 0.1) is 0 Å². The molecule has 0 unspecified atom stereocenters. The second kappa shape index (κ2) is 4.43. The summed E-state index contributed by atoms with van der Waals surface area (Å²) in [6.07, 6.45) is 4.19. The summed E-state index contributed by atoms with van der Waals surface area (Å²) in [7, 11) is 0. The number of hydrogen-bond acceptors (Lipinski definition) is 1. The highest BCUT2D eigenvalue weighted by atomic mass is 35.5. The Balaban J connectivity index is 2.97. The van der Waals surface area contributed by atoms with Crippen LogP contribution in [0.2, 0.25) is 5.02 Å². The molecular formula is C12H13ClO. The zero-order valence-corrected chi connectivity index (χ0v) is 9.08. The third-order valence-electron chi connectivity index (χ3n) is 2.18. The lowest BCUT2D eigenvalue weighted by Gasteiger charge is -2.20. The van der Waals surface area contributed by atoms with Crippen molar-refractivity contribution in [3.8, 4) is 0 Å². The summed E-state index contributed by atoms with van der Waals surface area (Å²) in [5.41, 5.74) is 1.01. The zero-order chi connectivity index (χ0) is 10.6. The number of benzene rings is 1. The van der Waals surface area contributed by atoms with Crippen LogP contribution in [0.1, 0.15) is 19.4 Å². The van der Waals surface area contributed by atoms with Crippen molar-refractivity contribution in [3.05, 3.63) is 47.0 Å². The molecule has 74 valence electrons. The van der Waals surface area contributed by atoms with Crippen molar-refractivity contribution in [1.82, 2.24) is 0 Å². The standard InChI is InChI=1S/C12H13ClO/c1-12(2,8-3-9-14)10-4-6-11(13)7-5-10/h3-9H,1-2H3/b8-3+. The van der Waals surface area contributed by atoms with Gasteiger partial charge in [0.1, 0.15) is 6.29 Å². The lowest BCUT2D eigenvalue weighted by atomic mass is 9.84. The molecule has 1 aromatic rings. The highest BCUT2D eigenvalue weighted by Crippen LogP contribution is 2.25. The van der Waals surface area contributed by atoms with Gasteiger partial charge in [-0.3, -0.25) is 4.79 Å². The summed E-state index contributed by atoms with van der Waals surface area (Å²) in [6, 6.07) is 7.65. The second-order valence-electron chi connectivity index (χ2n) is 3.72. The van der Waals surface area contributed by atoms with Gasteiger partial charge in [-0.05, 0) is 23.8 Å². The van der Waals surface area contributed by atoms with E-state index in [0.717, 1.165) is 16.9 Å². The Morgan fingerprint density at radius 2 is 1.79 bits per heavy atom. The van der Waals surface area contributed by atoms with E-state index < -0.39 is 0 Å². The Morgan fingerprint density at radius 3 is 2.29 bits per heavy atom. The molecule has 0 N–H and O–H groups in total. The van der Waals surface area contributed by atoms with Crippen LogP contribution in [0.5, 0.6) is 0 Å². The number of carbonyl (C=O) groups excluding carboxylic acids is 1. The van der Waals surface area contributed by atoms with Crippen LogP contribution in [0, 0.1) is 0 Å². The average molecular weight is 209 g/mol. The van der Waals surface area contributed by atoms with Crippen molar-refractivity contribution in [1.29, 1.82) is 0 Å². The Kier molecular flexibility index (Phi) is 3.48. The Morgan fingerprint density at radius 1 is 1.21 bits per heavy atom. The van der Waals surface area contributed by atoms with Gasteiger partial charge in [-0.1, -0.05) is 43.7 Å². The van der Waals surface area contributed by atoms with Gasteiger partial charge in [0, 0.05) is 10.4 Å². The third-order valence-corrected chi connectivity index (χ3v) is 2.43. The van der Waals surface area contributed by atoms with Gasteiger partial charge in [-0.15, -0.1) is 0 Å². The van der Waals surface area contributed by atoms with Crippen LogP contribution in [-0.4, -0.2) is 6.29 Å². The van der Waals surface area contributed by atoms with E-state index in [9.17, 15) is 4.79 Å². The quantitative estimate of drug-likeness (QED) is 0.550. The van der Waals surface area contributed by atoms with Gasteiger partial charge in [0.2, 0.25) is 0 Å². The molecule has 0 saturated heterocycles. The molecule has 0 bridgehead atoms. The fourth-order valence-corrected chi connectivity index (χ4v) is 1.38. The molecule has 0 fully saturated rings. The van der Waals surface area contributed by atoms with E-state index in [1.54, 1.807) is 0 Å². The molecule has 0 atom stereocenters. The van der Waals surface area contributed by atoms with Gasteiger partial charge < -0.3 is 0 Å². The molecule has 0 aliphatic carbocycles. The molecule has 0 amide bonds. The molecule has 0 aliphatic rings. The Hall–Kier alpha value is -1.08. The summed E-state index contributed by atoms with van der Waals surface area (Å²) >= 11 is 5.79. The van der Waals surface area contributed by atoms with Crippen LogP contribution in [0.3, 0.4) is 0 Å². The minimum absolute atomic E-state index is 0.133. The first kappa shape index (κ1) is 11.0. The number of carbonyl (C=O) groups is 1.